The molecular weight excluding hydrogens is 262 g/mol. The molecule has 0 saturated carbocycles. The van der Waals surface area contributed by atoms with Crippen LogP contribution in [0.25, 0.3) is 0 Å². The fraction of sp³-hybridized carbons (Fsp3) is 0.571. The molecular formula is C14H22BrN. The van der Waals surface area contributed by atoms with E-state index in [1.807, 2.05) is 0 Å². The standard InChI is InChI=1S/C14H22BrN/c1-5-14(2,3)13(16-4)10-11-7-6-8-12(15)9-11/h6-9,13,16H,5,10H2,1-4H3. The van der Waals surface area contributed by atoms with E-state index in [9.17, 15) is 0 Å². The molecule has 2 heteroatoms. The monoisotopic (exact) mass is 283 g/mol. The first-order valence-corrected chi connectivity index (χ1v) is 6.70. The van der Waals surface area contributed by atoms with E-state index < -0.39 is 0 Å². The molecule has 0 bridgehead atoms. The van der Waals surface area contributed by atoms with E-state index in [2.05, 4.69) is 73.3 Å². The van der Waals surface area contributed by atoms with E-state index in [0.717, 1.165) is 10.9 Å². The third kappa shape index (κ3) is 3.60. The average Bonchev–Trinajstić information content (AvgIpc) is 2.25. The molecule has 0 saturated heterocycles. The predicted molar refractivity (Wildman–Crippen MR) is 74.8 cm³/mol. The molecule has 0 aliphatic heterocycles. The zero-order valence-corrected chi connectivity index (χ0v) is 12.3. The molecule has 0 radical (unpaired) electrons. The topological polar surface area (TPSA) is 12.0 Å². The predicted octanol–water partition coefficient (Wildman–Crippen LogP) is 4.02. The largest absolute Gasteiger partial charge is 0.316 e. The third-order valence-electron chi connectivity index (χ3n) is 3.53. The van der Waals surface area contributed by atoms with Gasteiger partial charge in [0.1, 0.15) is 0 Å². The molecule has 1 N–H and O–H groups in total. The van der Waals surface area contributed by atoms with E-state index in [1.54, 1.807) is 0 Å². The van der Waals surface area contributed by atoms with Gasteiger partial charge in [0.2, 0.25) is 0 Å². The molecule has 90 valence electrons. The maximum atomic E-state index is 3.52. The van der Waals surface area contributed by atoms with Gasteiger partial charge in [-0.1, -0.05) is 48.8 Å². The van der Waals surface area contributed by atoms with Gasteiger partial charge >= 0.3 is 0 Å². The van der Waals surface area contributed by atoms with Crippen LogP contribution in [0.2, 0.25) is 0 Å². The van der Waals surface area contributed by atoms with Crippen molar-refractivity contribution in [2.45, 2.75) is 39.7 Å². The lowest BCUT2D eigenvalue weighted by Crippen LogP contribution is -2.41. The summed E-state index contributed by atoms with van der Waals surface area (Å²) in [5.74, 6) is 0. The van der Waals surface area contributed by atoms with Gasteiger partial charge in [-0.15, -0.1) is 0 Å². The Hall–Kier alpha value is -0.340. The molecule has 0 aromatic heterocycles. The lowest BCUT2D eigenvalue weighted by molar-refractivity contribution is 0.240. The molecule has 1 atom stereocenters. The summed E-state index contributed by atoms with van der Waals surface area (Å²) >= 11 is 3.52. The first kappa shape index (κ1) is 13.7. The Bertz CT molecular complexity index is 333. The van der Waals surface area contributed by atoms with Gasteiger partial charge in [0.15, 0.2) is 0 Å². The van der Waals surface area contributed by atoms with Gasteiger partial charge in [0, 0.05) is 10.5 Å². The van der Waals surface area contributed by atoms with Crippen molar-refractivity contribution in [3.8, 4) is 0 Å². The van der Waals surface area contributed by atoms with Crippen molar-refractivity contribution in [3.05, 3.63) is 34.3 Å². The van der Waals surface area contributed by atoms with Crippen molar-refractivity contribution in [3.63, 3.8) is 0 Å². The number of hydrogen-bond donors (Lipinski definition) is 1. The Morgan fingerprint density at radius 2 is 2.06 bits per heavy atom. The van der Waals surface area contributed by atoms with Crippen LogP contribution in [0.4, 0.5) is 0 Å². The van der Waals surface area contributed by atoms with Gasteiger partial charge in [-0.3, -0.25) is 0 Å². The van der Waals surface area contributed by atoms with Crippen LogP contribution in [-0.4, -0.2) is 13.1 Å². The zero-order chi connectivity index (χ0) is 12.2. The molecule has 1 aromatic rings. The molecule has 1 nitrogen and oxygen atoms in total. The molecule has 0 aliphatic rings. The molecule has 0 aliphatic carbocycles. The van der Waals surface area contributed by atoms with Crippen LogP contribution in [0.1, 0.15) is 32.8 Å². The molecule has 0 amide bonds. The van der Waals surface area contributed by atoms with Gasteiger partial charge in [0.05, 0.1) is 0 Å². The van der Waals surface area contributed by atoms with E-state index in [-0.39, 0.29) is 0 Å². The second-order valence-corrected chi connectivity index (χ2v) is 5.93. The first-order valence-electron chi connectivity index (χ1n) is 5.91. The molecule has 1 aromatic carbocycles. The quantitative estimate of drug-likeness (QED) is 0.861. The number of benzene rings is 1. The smallest absolute Gasteiger partial charge is 0.0178 e. The fourth-order valence-corrected chi connectivity index (χ4v) is 2.36. The van der Waals surface area contributed by atoms with Crippen molar-refractivity contribution in [1.82, 2.24) is 5.32 Å². The van der Waals surface area contributed by atoms with E-state index in [4.69, 9.17) is 0 Å². The van der Waals surface area contributed by atoms with Gasteiger partial charge < -0.3 is 5.32 Å². The van der Waals surface area contributed by atoms with E-state index in [0.29, 0.717) is 11.5 Å². The molecule has 16 heavy (non-hydrogen) atoms. The van der Waals surface area contributed by atoms with Crippen LogP contribution >= 0.6 is 15.9 Å². The zero-order valence-electron chi connectivity index (χ0n) is 10.7. The van der Waals surface area contributed by atoms with Gasteiger partial charge in [-0.05, 0) is 43.0 Å². The summed E-state index contributed by atoms with van der Waals surface area (Å²) in [6.07, 6.45) is 2.27. The lowest BCUT2D eigenvalue weighted by Gasteiger charge is -2.33. The van der Waals surface area contributed by atoms with Gasteiger partial charge in [-0.2, -0.15) is 0 Å². The van der Waals surface area contributed by atoms with Gasteiger partial charge in [-0.25, -0.2) is 0 Å². The van der Waals surface area contributed by atoms with E-state index in [1.165, 1.54) is 12.0 Å². The summed E-state index contributed by atoms with van der Waals surface area (Å²) < 4.78 is 1.16. The number of rotatable bonds is 5. The summed E-state index contributed by atoms with van der Waals surface area (Å²) in [5, 5.41) is 3.45. The van der Waals surface area contributed by atoms with E-state index >= 15 is 0 Å². The summed E-state index contributed by atoms with van der Waals surface area (Å²) in [4.78, 5) is 0. The molecule has 0 fully saturated rings. The van der Waals surface area contributed by atoms with Gasteiger partial charge in [0.25, 0.3) is 0 Å². The molecule has 0 heterocycles. The lowest BCUT2D eigenvalue weighted by atomic mass is 9.79. The fourth-order valence-electron chi connectivity index (χ4n) is 1.92. The SMILES string of the molecule is CCC(C)(C)C(Cc1cccc(Br)c1)NC. The van der Waals surface area contributed by atoms with Crippen LogP contribution < -0.4 is 5.32 Å². The normalized spacial score (nSPS) is 13.8. The second kappa shape index (κ2) is 5.83. The minimum absolute atomic E-state index is 0.330. The van der Waals surface area contributed by atoms with Crippen LogP contribution in [0.5, 0.6) is 0 Å². The Morgan fingerprint density at radius 3 is 2.56 bits per heavy atom. The number of halogens is 1. The highest BCUT2D eigenvalue weighted by Gasteiger charge is 2.26. The summed E-state index contributed by atoms with van der Waals surface area (Å²) in [7, 11) is 2.06. The Kier molecular flexibility index (Phi) is 5.00. The molecule has 1 rings (SSSR count). The minimum Gasteiger partial charge on any atom is -0.316 e. The van der Waals surface area contributed by atoms with Crippen molar-refractivity contribution in [2.24, 2.45) is 5.41 Å². The van der Waals surface area contributed by atoms with Crippen LogP contribution in [0.15, 0.2) is 28.7 Å². The minimum atomic E-state index is 0.330. The highest BCUT2D eigenvalue weighted by atomic mass is 79.9. The Labute approximate surface area is 108 Å². The highest BCUT2D eigenvalue weighted by molar-refractivity contribution is 9.10. The van der Waals surface area contributed by atoms with Crippen molar-refractivity contribution in [2.75, 3.05) is 7.05 Å². The maximum Gasteiger partial charge on any atom is 0.0178 e. The van der Waals surface area contributed by atoms with Crippen molar-refractivity contribution in [1.29, 1.82) is 0 Å². The number of likely N-dealkylation sites (N-methyl/N-ethyl adjacent to an activating group) is 1. The Morgan fingerprint density at radius 1 is 1.38 bits per heavy atom. The first-order chi connectivity index (χ1) is 7.49. The average molecular weight is 284 g/mol. The summed E-state index contributed by atoms with van der Waals surface area (Å²) in [5.41, 5.74) is 1.71. The number of hydrogen-bond acceptors (Lipinski definition) is 1. The van der Waals surface area contributed by atoms with Crippen LogP contribution in [-0.2, 0) is 6.42 Å². The maximum absolute atomic E-state index is 3.52. The highest BCUT2D eigenvalue weighted by Crippen LogP contribution is 2.27. The number of nitrogens with one attached hydrogen (secondary N) is 1. The second-order valence-electron chi connectivity index (χ2n) is 5.02. The third-order valence-corrected chi connectivity index (χ3v) is 4.03. The van der Waals surface area contributed by atoms with Crippen molar-refractivity contribution >= 4 is 15.9 Å². The van der Waals surface area contributed by atoms with Crippen molar-refractivity contribution < 1.29 is 0 Å². The molecule has 0 spiro atoms. The van der Waals surface area contributed by atoms with Crippen LogP contribution in [0, 0.1) is 5.41 Å². The summed E-state index contributed by atoms with van der Waals surface area (Å²) in [6, 6.07) is 9.09. The summed E-state index contributed by atoms with van der Waals surface area (Å²) in [6.45, 7) is 6.91. The Balaban J connectivity index is 2.78. The van der Waals surface area contributed by atoms with Crippen LogP contribution in [0.3, 0.4) is 0 Å². The molecule has 1 unspecified atom stereocenters.